The van der Waals surface area contributed by atoms with Gasteiger partial charge in [0.2, 0.25) is 0 Å². The zero-order valence-electron chi connectivity index (χ0n) is 14.3. The van der Waals surface area contributed by atoms with E-state index in [9.17, 15) is 19.2 Å². The molecule has 2 rings (SSSR count). The summed E-state index contributed by atoms with van der Waals surface area (Å²) in [5, 5.41) is 12.1. The Bertz CT molecular complexity index is 693. The van der Waals surface area contributed by atoms with Gasteiger partial charge in [-0.3, -0.25) is 4.79 Å². The number of hydrogen-bond acceptors (Lipinski definition) is 5. The first-order valence-electron chi connectivity index (χ1n) is 8.18. The van der Waals surface area contributed by atoms with E-state index in [1.165, 1.54) is 26.2 Å². The minimum Gasteiger partial charge on any atom is -0.497 e. The lowest BCUT2D eigenvalue weighted by molar-refractivity contribution is -0.130. The number of halogens is 1. The molecule has 0 bridgehead atoms. The van der Waals surface area contributed by atoms with Gasteiger partial charge in [0.25, 0.3) is 5.91 Å². The third-order valence-corrected chi connectivity index (χ3v) is 4.33. The second kappa shape index (κ2) is 7.97. The Morgan fingerprint density at radius 3 is 2.56 bits per heavy atom. The van der Waals surface area contributed by atoms with Crippen molar-refractivity contribution in [3.05, 3.63) is 29.6 Å². The fourth-order valence-corrected chi connectivity index (χ4v) is 2.82. The predicted molar refractivity (Wildman–Crippen MR) is 87.4 cm³/mol. The second-order valence-electron chi connectivity index (χ2n) is 6.14. The SMILES string of the molecule is COc1ccc(C(=O)O[C@@H](C)C(=O)NC2(C#N)CCCCC2)c(F)c1. The highest BCUT2D eigenvalue weighted by atomic mass is 19.1. The van der Waals surface area contributed by atoms with Crippen LogP contribution in [0.25, 0.3) is 0 Å². The summed E-state index contributed by atoms with van der Waals surface area (Å²) in [4.78, 5) is 24.3. The van der Waals surface area contributed by atoms with Crippen molar-refractivity contribution in [2.24, 2.45) is 0 Å². The van der Waals surface area contributed by atoms with Crippen molar-refractivity contribution in [2.75, 3.05) is 7.11 Å². The quantitative estimate of drug-likeness (QED) is 0.827. The molecule has 1 aliphatic rings. The number of carbonyl (C=O) groups is 2. The van der Waals surface area contributed by atoms with Gasteiger partial charge in [-0.05, 0) is 31.9 Å². The van der Waals surface area contributed by atoms with Gasteiger partial charge >= 0.3 is 5.97 Å². The number of nitrogens with zero attached hydrogens (tertiary/aromatic N) is 1. The fraction of sp³-hybridized carbons (Fsp3) is 0.500. The highest BCUT2D eigenvalue weighted by Crippen LogP contribution is 2.27. The van der Waals surface area contributed by atoms with Crippen LogP contribution in [0, 0.1) is 17.1 Å². The summed E-state index contributed by atoms with van der Waals surface area (Å²) in [5.41, 5.74) is -1.20. The zero-order chi connectivity index (χ0) is 18.4. The van der Waals surface area contributed by atoms with Gasteiger partial charge in [0.1, 0.15) is 17.1 Å². The van der Waals surface area contributed by atoms with Crippen LogP contribution in [0.5, 0.6) is 5.75 Å². The first-order chi connectivity index (χ1) is 11.9. The number of methoxy groups -OCH3 is 1. The van der Waals surface area contributed by atoms with Crippen LogP contribution in [-0.2, 0) is 9.53 Å². The summed E-state index contributed by atoms with van der Waals surface area (Å²) in [5.74, 6) is -2.03. The molecule has 1 atom stereocenters. The molecule has 0 aliphatic heterocycles. The maximum absolute atomic E-state index is 13.9. The van der Waals surface area contributed by atoms with Crippen molar-refractivity contribution in [3.63, 3.8) is 0 Å². The normalized spacial score (nSPS) is 17.0. The van der Waals surface area contributed by atoms with E-state index >= 15 is 0 Å². The van der Waals surface area contributed by atoms with Crippen molar-refractivity contribution >= 4 is 11.9 Å². The van der Waals surface area contributed by atoms with Gasteiger partial charge in [-0.1, -0.05) is 19.3 Å². The van der Waals surface area contributed by atoms with E-state index in [1.54, 1.807) is 0 Å². The minimum atomic E-state index is -1.14. The molecule has 1 fully saturated rings. The van der Waals surface area contributed by atoms with E-state index in [2.05, 4.69) is 11.4 Å². The van der Waals surface area contributed by atoms with Crippen LogP contribution in [-0.4, -0.2) is 30.6 Å². The van der Waals surface area contributed by atoms with E-state index < -0.39 is 29.3 Å². The Hall–Kier alpha value is -2.62. The van der Waals surface area contributed by atoms with Gasteiger partial charge in [0.05, 0.1) is 18.7 Å². The molecule has 25 heavy (non-hydrogen) atoms. The Morgan fingerprint density at radius 1 is 1.32 bits per heavy atom. The number of benzene rings is 1. The zero-order valence-corrected chi connectivity index (χ0v) is 14.3. The number of rotatable bonds is 5. The molecule has 1 aliphatic carbocycles. The maximum atomic E-state index is 13.9. The first-order valence-corrected chi connectivity index (χ1v) is 8.18. The molecule has 1 amide bonds. The monoisotopic (exact) mass is 348 g/mol. The van der Waals surface area contributed by atoms with Gasteiger partial charge in [0.15, 0.2) is 6.10 Å². The smallest absolute Gasteiger partial charge is 0.341 e. The Kier molecular flexibility index (Phi) is 5.97. The molecule has 1 N–H and O–H groups in total. The molecular weight excluding hydrogens is 327 g/mol. The van der Waals surface area contributed by atoms with Crippen LogP contribution < -0.4 is 10.1 Å². The van der Waals surface area contributed by atoms with E-state index in [-0.39, 0.29) is 11.3 Å². The maximum Gasteiger partial charge on any atom is 0.341 e. The van der Waals surface area contributed by atoms with Gasteiger partial charge < -0.3 is 14.8 Å². The summed E-state index contributed by atoms with van der Waals surface area (Å²) in [6.07, 6.45) is 2.76. The van der Waals surface area contributed by atoms with Gasteiger partial charge in [-0.15, -0.1) is 0 Å². The van der Waals surface area contributed by atoms with Gasteiger partial charge in [-0.2, -0.15) is 5.26 Å². The molecule has 0 radical (unpaired) electrons. The van der Waals surface area contributed by atoms with Crippen molar-refractivity contribution in [2.45, 2.75) is 50.7 Å². The Labute approximate surface area is 145 Å². The molecule has 7 heteroatoms. The molecule has 1 aromatic carbocycles. The Balaban J connectivity index is 2.01. The number of hydrogen-bond donors (Lipinski definition) is 1. The van der Waals surface area contributed by atoms with Crippen LogP contribution >= 0.6 is 0 Å². The van der Waals surface area contributed by atoms with Crippen LogP contribution in [0.2, 0.25) is 0 Å². The Morgan fingerprint density at radius 2 is 2.00 bits per heavy atom. The highest BCUT2D eigenvalue weighted by Gasteiger charge is 2.35. The number of ether oxygens (including phenoxy) is 2. The topological polar surface area (TPSA) is 88.4 Å². The van der Waals surface area contributed by atoms with Crippen LogP contribution in [0.15, 0.2) is 18.2 Å². The lowest BCUT2D eigenvalue weighted by Gasteiger charge is -2.32. The van der Waals surface area contributed by atoms with Crippen molar-refractivity contribution in [1.82, 2.24) is 5.32 Å². The second-order valence-corrected chi connectivity index (χ2v) is 6.14. The molecule has 0 aromatic heterocycles. The average Bonchev–Trinajstić information content (AvgIpc) is 2.62. The number of nitriles is 1. The number of carbonyl (C=O) groups excluding carboxylic acids is 2. The number of amides is 1. The van der Waals surface area contributed by atoms with E-state index in [0.29, 0.717) is 12.8 Å². The summed E-state index contributed by atoms with van der Waals surface area (Å²) >= 11 is 0. The minimum absolute atomic E-state index is 0.271. The fourth-order valence-electron chi connectivity index (χ4n) is 2.82. The van der Waals surface area contributed by atoms with Crippen LogP contribution in [0.1, 0.15) is 49.4 Å². The lowest BCUT2D eigenvalue weighted by Crippen LogP contribution is -2.52. The molecule has 0 saturated heterocycles. The summed E-state index contributed by atoms with van der Waals surface area (Å²) < 4.78 is 23.8. The highest BCUT2D eigenvalue weighted by molar-refractivity contribution is 5.92. The molecule has 1 saturated carbocycles. The summed E-state index contributed by atoms with van der Waals surface area (Å²) in [6.45, 7) is 1.39. The molecule has 1 aromatic rings. The largest absolute Gasteiger partial charge is 0.497 e. The number of nitrogens with one attached hydrogen (secondary N) is 1. The average molecular weight is 348 g/mol. The van der Waals surface area contributed by atoms with Gasteiger partial charge in [-0.25, -0.2) is 9.18 Å². The first kappa shape index (κ1) is 18.7. The van der Waals surface area contributed by atoms with Gasteiger partial charge in [0, 0.05) is 6.07 Å². The molecule has 134 valence electrons. The molecular formula is C18H21FN2O4. The lowest BCUT2D eigenvalue weighted by atomic mass is 9.83. The van der Waals surface area contributed by atoms with Crippen molar-refractivity contribution < 1.29 is 23.5 Å². The van der Waals surface area contributed by atoms with E-state index in [4.69, 9.17) is 9.47 Å². The molecule has 0 spiro atoms. The van der Waals surface area contributed by atoms with E-state index in [0.717, 1.165) is 25.3 Å². The molecule has 0 heterocycles. The molecule has 6 nitrogen and oxygen atoms in total. The third-order valence-electron chi connectivity index (χ3n) is 4.33. The van der Waals surface area contributed by atoms with Crippen molar-refractivity contribution in [3.8, 4) is 11.8 Å². The predicted octanol–water partition coefficient (Wildman–Crippen LogP) is 2.72. The summed E-state index contributed by atoms with van der Waals surface area (Å²) in [7, 11) is 1.38. The van der Waals surface area contributed by atoms with Crippen molar-refractivity contribution in [1.29, 1.82) is 5.26 Å². The third kappa shape index (κ3) is 4.47. The standard InChI is InChI=1S/C18H21FN2O4/c1-12(16(22)21-18(11-20)8-4-3-5-9-18)25-17(23)14-7-6-13(24-2)10-15(14)19/h6-7,10,12H,3-5,8-9H2,1-2H3,(H,21,22)/t12-/m0/s1. The van der Waals surface area contributed by atoms with E-state index in [1.807, 2.05) is 0 Å². The summed E-state index contributed by atoms with van der Waals surface area (Å²) in [6, 6.07) is 5.89. The number of esters is 1. The molecule has 0 unspecified atom stereocenters. The van der Waals surface area contributed by atoms with Crippen LogP contribution in [0.4, 0.5) is 4.39 Å². The van der Waals surface area contributed by atoms with Crippen LogP contribution in [0.3, 0.4) is 0 Å².